The molecule has 0 spiro atoms. The molecule has 0 atom stereocenters. The van der Waals surface area contributed by atoms with Gasteiger partial charge in [0.1, 0.15) is 6.61 Å². The molecule has 1 aromatic heterocycles. The van der Waals surface area contributed by atoms with Gasteiger partial charge in [-0.15, -0.1) is 0 Å². The standard InChI is InChI=1S/C19H26N2O2/c1-13(2)11-21-16(5)18(15(4)20-21)10-19(22)23-12-17-8-6-14(3)7-9-17/h6-9,13H,10-12H2,1-5H3. The minimum absolute atomic E-state index is 0.208. The highest BCUT2D eigenvalue weighted by atomic mass is 16.5. The van der Waals surface area contributed by atoms with Crippen LogP contribution in [-0.2, 0) is 29.1 Å². The summed E-state index contributed by atoms with van der Waals surface area (Å²) >= 11 is 0. The summed E-state index contributed by atoms with van der Waals surface area (Å²) in [7, 11) is 0. The molecule has 0 N–H and O–H groups in total. The molecule has 124 valence electrons. The molecular weight excluding hydrogens is 288 g/mol. The van der Waals surface area contributed by atoms with E-state index in [1.54, 1.807) is 0 Å². The number of carbonyl (C=O) groups excluding carboxylic acids is 1. The predicted molar refractivity (Wildman–Crippen MR) is 91.2 cm³/mol. The minimum atomic E-state index is -0.208. The average molecular weight is 314 g/mol. The van der Waals surface area contributed by atoms with Gasteiger partial charge in [-0.2, -0.15) is 5.10 Å². The van der Waals surface area contributed by atoms with Crippen LogP contribution >= 0.6 is 0 Å². The Bertz CT molecular complexity index is 669. The van der Waals surface area contributed by atoms with Gasteiger partial charge in [0, 0.05) is 17.8 Å². The SMILES string of the molecule is Cc1ccc(COC(=O)Cc2c(C)nn(CC(C)C)c2C)cc1. The third-order valence-corrected chi connectivity index (χ3v) is 3.91. The summed E-state index contributed by atoms with van der Waals surface area (Å²) in [4.78, 5) is 12.1. The van der Waals surface area contributed by atoms with E-state index in [9.17, 15) is 4.79 Å². The molecule has 2 aromatic rings. The molecule has 0 aliphatic rings. The van der Waals surface area contributed by atoms with E-state index in [0.717, 1.165) is 29.1 Å². The molecule has 2 rings (SSSR count). The Hall–Kier alpha value is -2.10. The van der Waals surface area contributed by atoms with Crippen LogP contribution in [0.4, 0.5) is 0 Å². The van der Waals surface area contributed by atoms with E-state index in [2.05, 4.69) is 18.9 Å². The first-order chi connectivity index (χ1) is 10.9. The van der Waals surface area contributed by atoms with E-state index in [1.165, 1.54) is 5.56 Å². The van der Waals surface area contributed by atoms with E-state index in [4.69, 9.17) is 4.74 Å². The monoisotopic (exact) mass is 314 g/mol. The van der Waals surface area contributed by atoms with Crippen LogP contribution in [0.5, 0.6) is 0 Å². The fourth-order valence-electron chi connectivity index (χ4n) is 2.56. The van der Waals surface area contributed by atoms with Gasteiger partial charge in [0.05, 0.1) is 12.1 Å². The van der Waals surface area contributed by atoms with Crippen LogP contribution in [0.3, 0.4) is 0 Å². The van der Waals surface area contributed by atoms with Gasteiger partial charge >= 0.3 is 5.97 Å². The molecule has 0 saturated carbocycles. The van der Waals surface area contributed by atoms with Crippen LogP contribution in [-0.4, -0.2) is 15.7 Å². The van der Waals surface area contributed by atoms with Crippen molar-refractivity contribution >= 4 is 5.97 Å². The van der Waals surface area contributed by atoms with E-state index in [-0.39, 0.29) is 12.4 Å². The number of benzene rings is 1. The van der Waals surface area contributed by atoms with Crippen molar-refractivity contribution in [3.8, 4) is 0 Å². The topological polar surface area (TPSA) is 44.1 Å². The number of nitrogens with zero attached hydrogens (tertiary/aromatic N) is 2. The van der Waals surface area contributed by atoms with Crippen molar-refractivity contribution in [1.29, 1.82) is 0 Å². The zero-order valence-electron chi connectivity index (χ0n) is 14.7. The molecule has 4 nitrogen and oxygen atoms in total. The van der Waals surface area contributed by atoms with Gasteiger partial charge < -0.3 is 4.74 Å². The Morgan fingerprint density at radius 3 is 2.43 bits per heavy atom. The van der Waals surface area contributed by atoms with Crippen molar-refractivity contribution in [1.82, 2.24) is 9.78 Å². The molecule has 1 heterocycles. The van der Waals surface area contributed by atoms with Crippen molar-refractivity contribution in [2.24, 2.45) is 5.92 Å². The van der Waals surface area contributed by atoms with Crippen LogP contribution in [0.15, 0.2) is 24.3 Å². The second-order valence-electron chi connectivity index (χ2n) is 6.55. The first kappa shape index (κ1) is 17.3. The molecule has 0 bridgehead atoms. The van der Waals surface area contributed by atoms with Gasteiger partial charge in [-0.25, -0.2) is 0 Å². The Kier molecular flexibility index (Phi) is 5.59. The molecule has 0 saturated heterocycles. The molecule has 0 radical (unpaired) electrons. The fraction of sp³-hybridized carbons (Fsp3) is 0.474. The average Bonchev–Trinajstić information content (AvgIpc) is 2.73. The van der Waals surface area contributed by atoms with E-state index >= 15 is 0 Å². The van der Waals surface area contributed by atoms with Gasteiger partial charge in [-0.05, 0) is 32.3 Å². The summed E-state index contributed by atoms with van der Waals surface area (Å²) < 4.78 is 7.38. The number of aromatic nitrogens is 2. The van der Waals surface area contributed by atoms with E-state index in [0.29, 0.717) is 12.5 Å². The highest BCUT2D eigenvalue weighted by Crippen LogP contribution is 2.16. The Morgan fingerprint density at radius 1 is 1.17 bits per heavy atom. The maximum absolute atomic E-state index is 12.1. The molecule has 0 amide bonds. The number of carbonyl (C=O) groups is 1. The number of hydrogen-bond acceptors (Lipinski definition) is 3. The molecule has 1 aromatic carbocycles. The highest BCUT2D eigenvalue weighted by molar-refractivity contribution is 5.73. The normalized spacial score (nSPS) is 11.0. The van der Waals surface area contributed by atoms with Crippen LogP contribution < -0.4 is 0 Å². The van der Waals surface area contributed by atoms with E-state index in [1.807, 2.05) is 49.7 Å². The summed E-state index contributed by atoms with van der Waals surface area (Å²) in [6.07, 6.45) is 0.279. The van der Waals surface area contributed by atoms with Crippen LogP contribution in [0.2, 0.25) is 0 Å². The fourth-order valence-corrected chi connectivity index (χ4v) is 2.56. The molecule has 23 heavy (non-hydrogen) atoms. The third-order valence-electron chi connectivity index (χ3n) is 3.91. The lowest BCUT2D eigenvalue weighted by molar-refractivity contribution is -0.144. The number of ether oxygens (including phenoxy) is 1. The maximum atomic E-state index is 12.1. The number of rotatable bonds is 6. The largest absolute Gasteiger partial charge is 0.461 e. The molecule has 0 aliphatic carbocycles. The quantitative estimate of drug-likeness (QED) is 0.763. The van der Waals surface area contributed by atoms with Crippen molar-refractivity contribution in [3.05, 3.63) is 52.3 Å². The lowest BCUT2D eigenvalue weighted by Gasteiger charge is -2.08. The summed E-state index contributed by atoms with van der Waals surface area (Å²) in [5.41, 5.74) is 5.16. The number of esters is 1. The lowest BCUT2D eigenvalue weighted by atomic mass is 10.1. The smallest absolute Gasteiger partial charge is 0.310 e. The molecule has 4 heteroatoms. The minimum Gasteiger partial charge on any atom is -0.461 e. The maximum Gasteiger partial charge on any atom is 0.310 e. The summed E-state index contributed by atoms with van der Waals surface area (Å²) in [5, 5.41) is 4.54. The second kappa shape index (κ2) is 7.44. The summed E-state index contributed by atoms with van der Waals surface area (Å²) in [6, 6.07) is 8.01. The lowest BCUT2D eigenvalue weighted by Crippen LogP contribution is -2.11. The van der Waals surface area contributed by atoms with Crippen molar-refractivity contribution in [3.63, 3.8) is 0 Å². The van der Waals surface area contributed by atoms with Crippen LogP contribution in [0.1, 0.15) is 41.9 Å². The molecule has 0 aliphatic heterocycles. The van der Waals surface area contributed by atoms with Gasteiger partial charge in [-0.1, -0.05) is 43.7 Å². The van der Waals surface area contributed by atoms with Gasteiger partial charge in [0.15, 0.2) is 0 Å². The Labute approximate surface area is 138 Å². The first-order valence-corrected chi connectivity index (χ1v) is 8.11. The van der Waals surface area contributed by atoms with Crippen molar-refractivity contribution in [2.75, 3.05) is 0 Å². The van der Waals surface area contributed by atoms with Gasteiger partial charge in [0.2, 0.25) is 0 Å². The Morgan fingerprint density at radius 2 is 1.83 bits per heavy atom. The number of hydrogen-bond donors (Lipinski definition) is 0. The van der Waals surface area contributed by atoms with Gasteiger partial charge in [0.25, 0.3) is 0 Å². The molecule has 0 unspecified atom stereocenters. The molecular formula is C19H26N2O2. The van der Waals surface area contributed by atoms with Crippen molar-refractivity contribution < 1.29 is 9.53 Å². The molecule has 0 fully saturated rings. The first-order valence-electron chi connectivity index (χ1n) is 8.11. The van der Waals surface area contributed by atoms with E-state index < -0.39 is 0 Å². The summed E-state index contributed by atoms with van der Waals surface area (Å²) in [6.45, 7) is 11.5. The van der Waals surface area contributed by atoms with Crippen molar-refractivity contribution in [2.45, 2.75) is 54.2 Å². The summed E-state index contributed by atoms with van der Waals surface area (Å²) in [5.74, 6) is 0.315. The zero-order chi connectivity index (χ0) is 17.0. The van der Waals surface area contributed by atoms with Crippen LogP contribution in [0.25, 0.3) is 0 Å². The zero-order valence-corrected chi connectivity index (χ0v) is 14.7. The second-order valence-corrected chi connectivity index (χ2v) is 6.55. The third kappa shape index (κ3) is 4.68. The van der Waals surface area contributed by atoms with Crippen LogP contribution in [0, 0.1) is 26.7 Å². The highest BCUT2D eigenvalue weighted by Gasteiger charge is 2.16. The number of aryl methyl sites for hydroxylation is 2. The Balaban J connectivity index is 1.97. The predicted octanol–water partition coefficient (Wildman–Crippen LogP) is 3.75. The van der Waals surface area contributed by atoms with Gasteiger partial charge in [-0.3, -0.25) is 9.48 Å².